The highest BCUT2D eigenvalue weighted by Crippen LogP contribution is 2.56. The van der Waals surface area contributed by atoms with Crippen molar-refractivity contribution >= 4 is 145 Å². The molecule has 0 aromatic heterocycles. The van der Waals surface area contributed by atoms with Crippen molar-refractivity contribution in [3.8, 4) is 23.0 Å². The number of carboxylic acids is 2. The van der Waals surface area contributed by atoms with Crippen molar-refractivity contribution < 1.29 is 56.4 Å². The number of halogens is 14. The van der Waals surface area contributed by atoms with Gasteiger partial charge in [-0.25, -0.2) is 27.2 Å². The normalized spacial score (nSPS) is 11.0. The molecule has 0 aliphatic heterocycles. The summed E-state index contributed by atoms with van der Waals surface area (Å²) in [6.45, 7) is 0.721. The standard InChI is InChI=1S/C30H10Cl10F4N2O8/c1-3-18(41)20(43)21(44)22(19(3)42)46-28(48)5-7(30(51)52)9(32)13(36)24(11(5)34)54-26-16(39)14(37)25(15(38)17(26)40)53-23-10(33)4(27(47)45-2)6(29(49)50)8(31)12(23)35/h1-2H3,(H,45,47)(H,46,48)(H,49,50)(H,51,52). The molecule has 286 valence electrons. The largest absolute Gasteiger partial charge is 0.478 e. The number of amides is 2. The van der Waals surface area contributed by atoms with Crippen molar-refractivity contribution in [2.75, 3.05) is 12.4 Å². The molecule has 0 atom stereocenters. The van der Waals surface area contributed by atoms with E-state index in [0.717, 1.165) is 14.0 Å². The van der Waals surface area contributed by atoms with E-state index < -0.39 is 154 Å². The van der Waals surface area contributed by atoms with Gasteiger partial charge in [-0.3, -0.25) is 9.59 Å². The van der Waals surface area contributed by atoms with Crippen LogP contribution in [-0.2, 0) is 0 Å². The number of nitrogens with one attached hydrogen (secondary N) is 2. The van der Waals surface area contributed by atoms with Gasteiger partial charge < -0.3 is 30.3 Å². The highest BCUT2D eigenvalue weighted by atomic mass is 35.5. The number of anilines is 1. The lowest BCUT2D eigenvalue weighted by atomic mass is 10.0. The van der Waals surface area contributed by atoms with Gasteiger partial charge in [-0.2, -0.15) is 0 Å². The van der Waals surface area contributed by atoms with E-state index in [1.807, 2.05) is 0 Å². The second kappa shape index (κ2) is 16.6. The molecular formula is C30H10Cl10F4N2O8. The number of benzene rings is 4. The summed E-state index contributed by atoms with van der Waals surface area (Å²) in [4.78, 5) is 50.0. The van der Waals surface area contributed by atoms with Crippen LogP contribution in [0.5, 0.6) is 23.0 Å². The fourth-order valence-electron chi connectivity index (χ4n) is 4.42. The number of ether oxygens (including phenoxy) is 2. The van der Waals surface area contributed by atoms with Crippen LogP contribution in [0.25, 0.3) is 0 Å². The Kier molecular flexibility index (Phi) is 13.4. The lowest BCUT2D eigenvalue weighted by molar-refractivity contribution is 0.0683. The van der Waals surface area contributed by atoms with Gasteiger partial charge in [-0.15, -0.1) is 0 Å². The van der Waals surface area contributed by atoms with Crippen LogP contribution in [-0.4, -0.2) is 41.0 Å². The van der Waals surface area contributed by atoms with Gasteiger partial charge >= 0.3 is 11.9 Å². The molecule has 0 radical (unpaired) electrons. The first-order valence-electron chi connectivity index (χ1n) is 13.5. The average Bonchev–Trinajstić information content (AvgIpc) is 3.12. The van der Waals surface area contributed by atoms with Crippen molar-refractivity contribution in [3.63, 3.8) is 0 Å². The quantitative estimate of drug-likeness (QED) is 0.0735. The van der Waals surface area contributed by atoms with Crippen molar-refractivity contribution in [2.24, 2.45) is 0 Å². The summed E-state index contributed by atoms with van der Waals surface area (Å²) in [6.07, 6.45) is 0. The molecule has 4 rings (SSSR count). The van der Waals surface area contributed by atoms with Gasteiger partial charge in [-0.05, 0) is 6.92 Å². The zero-order valence-electron chi connectivity index (χ0n) is 25.6. The highest BCUT2D eigenvalue weighted by Gasteiger charge is 2.35. The number of hydrogen-bond acceptors (Lipinski definition) is 6. The Morgan fingerprint density at radius 2 is 0.815 bits per heavy atom. The first kappa shape index (κ1) is 43.7. The highest BCUT2D eigenvalue weighted by molar-refractivity contribution is 6.52. The second-order valence-electron chi connectivity index (χ2n) is 10.1. The zero-order valence-corrected chi connectivity index (χ0v) is 33.2. The summed E-state index contributed by atoms with van der Waals surface area (Å²) >= 11 is 63.2. The molecule has 0 aliphatic rings. The van der Waals surface area contributed by atoms with Gasteiger partial charge in [0.2, 0.25) is 0 Å². The van der Waals surface area contributed by atoms with Crippen LogP contribution in [0.1, 0.15) is 47.0 Å². The molecule has 0 heterocycles. The molecule has 0 unspecified atom stereocenters. The van der Waals surface area contributed by atoms with E-state index in [-0.39, 0.29) is 0 Å². The van der Waals surface area contributed by atoms with Crippen molar-refractivity contribution in [1.82, 2.24) is 5.32 Å². The van der Waals surface area contributed by atoms with Crippen molar-refractivity contribution in [2.45, 2.75) is 6.92 Å². The third-order valence-electron chi connectivity index (χ3n) is 6.98. The van der Waals surface area contributed by atoms with Crippen LogP contribution in [0.3, 0.4) is 0 Å². The van der Waals surface area contributed by atoms with Crippen molar-refractivity contribution in [1.29, 1.82) is 0 Å². The molecule has 0 aliphatic carbocycles. The molecule has 4 aromatic rings. The van der Waals surface area contributed by atoms with E-state index in [1.54, 1.807) is 5.32 Å². The fraction of sp³-hybridized carbons (Fsp3) is 0.0667. The Labute approximate surface area is 348 Å². The number of hydrogen-bond donors (Lipinski definition) is 4. The third-order valence-corrected chi connectivity index (χ3v) is 11.0. The zero-order chi connectivity index (χ0) is 41.0. The SMILES string of the molecule is CNC(=O)c1c(Cl)c(Oc2c(Cl)c(Cl)c(Oc3c(Cl)c(Cl)c(C(=O)O)c(C(=O)Nc4c(F)c(C)c(F)c(F)c4F)c3Cl)c(Cl)c2Cl)c(Cl)c(Cl)c1C(=O)O. The summed E-state index contributed by atoms with van der Waals surface area (Å²) < 4.78 is 68.6. The Morgan fingerprint density at radius 1 is 0.481 bits per heavy atom. The van der Waals surface area contributed by atoms with E-state index in [2.05, 4.69) is 5.32 Å². The Bertz CT molecular complexity index is 2320. The summed E-state index contributed by atoms with van der Waals surface area (Å²) in [5, 5.41) is 15.8. The fourth-order valence-corrected chi connectivity index (χ4v) is 7.09. The first-order chi connectivity index (χ1) is 25.0. The van der Waals surface area contributed by atoms with Crippen LogP contribution in [0, 0.1) is 30.2 Å². The average molecular weight is 957 g/mol. The molecule has 10 nitrogen and oxygen atoms in total. The van der Waals surface area contributed by atoms with Gasteiger partial charge in [0.25, 0.3) is 11.8 Å². The number of carbonyl (C=O) groups is 4. The molecule has 4 aromatic carbocycles. The second-order valence-corrected chi connectivity index (χ2v) is 13.8. The summed E-state index contributed by atoms with van der Waals surface area (Å²) in [6, 6.07) is 0. The minimum absolute atomic E-state index is 0.637. The van der Waals surface area contributed by atoms with Crippen LogP contribution >= 0.6 is 116 Å². The van der Waals surface area contributed by atoms with Gasteiger partial charge in [0.05, 0.1) is 42.3 Å². The van der Waals surface area contributed by atoms with Crippen LogP contribution < -0.4 is 20.1 Å². The predicted molar refractivity (Wildman–Crippen MR) is 196 cm³/mol. The Morgan fingerprint density at radius 3 is 1.17 bits per heavy atom. The maximum atomic E-state index is 14.8. The van der Waals surface area contributed by atoms with Crippen molar-refractivity contribution in [3.05, 3.63) is 101 Å². The van der Waals surface area contributed by atoms with Crippen LogP contribution in [0.2, 0.25) is 50.2 Å². The van der Waals surface area contributed by atoms with Gasteiger partial charge in [-0.1, -0.05) is 116 Å². The number of aromatic carboxylic acids is 2. The molecule has 0 fully saturated rings. The maximum Gasteiger partial charge on any atom is 0.338 e. The van der Waals surface area contributed by atoms with E-state index in [4.69, 9.17) is 125 Å². The van der Waals surface area contributed by atoms with Gasteiger partial charge in [0.15, 0.2) is 46.3 Å². The lowest BCUT2D eigenvalue weighted by Crippen LogP contribution is -2.22. The molecule has 0 saturated carbocycles. The lowest BCUT2D eigenvalue weighted by Gasteiger charge is -2.21. The molecule has 2 amide bonds. The van der Waals surface area contributed by atoms with E-state index in [9.17, 15) is 47.0 Å². The predicted octanol–water partition coefficient (Wildman–Crippen LogP) is 12.7. The Balaban J connectivity index is 1.90. The molecule has 0 bridgehead atoms. The van der Waals surface area contributed by atoms with E-state index >= 15 is 0 Å². The molecule has 54 heavy (non-hydrogen) atoms. The van der Waals surface area contributed by atoms with Crippen LogP contribution in [0.15, 0.2) is 0 Å². The summed E-state index contributed by atoms with van der Waals surface area (Å²) in [5.41, 5.74) is -6.37. The third kappa shape index (κ3) is 7.46. The number of carboxylic acid groups (broad SMARTS) is 2. The smallest absolute Gasteiger partial charge is 0.338 e. The van der Waals surface area contributed by atoms with E-state index in [0.29, 0.717) is 0 Å². The minimum Gasteiger partial charge on any atom is -0.478 e. The minimum atomic E-state index is -2.19. The van der Waals surface area contributed by atoms with Gasteiger partial charge in [0.1, 0.15) is 35.8 Å². The van der Waals surface area contributed by atoms with E-state index in [1.165, 1.54) is 0 Å². The molecule has 24 heteroatoms. The first-order valence-corrected chi connectivity index (χ1v) is 17.3. The number of rotatable bonds is 9. The topological polar surface area (TPSA) is 151 Å². The molecule has 4 N–H and O–H groups in total. The molecule has 0 saturated heterocycles. The van der Waals surface area contributed by atoms with Gasteiger partial charge in [0, 0.05) is 12.6 Å². The maximum absolute atomic E-state index is 14.8. The van der Waals surface area contributed by atoms with Crippen LogP contribution in [0.4, 0.5) is 23.2 Å². The summed E-state index contributed by atoms with van der Waals surface area (Å²) in [7, 11) is 1.16. The Hall–Kier alpha value is -3.02. The number of carbonyl (C=O) groups excluding carboxylic acids is 2. The molecule has 0 spiro atoms. The summed E-state index contributed by atoms with van der Waals surface area (Å²) in [5.74, 6) is -17.4. The molecular weight excluding hydrogens is 947 g/mol. The monoisotopic (exact) mass is 952 g/mol.